The van der Waals surface area contributed by atoms with E-state index < -0.39 is 0 Å². The lowest BCUT2D eigenvalue weighted by atomic mass is 10.1. The standard InChI is InChI=1S/C9H8O/c10-8-7-9-5-3-1-2-4-6-9/h1-7,9H. The van der Waals surface area contributed by atoms with Crippen molar-refractivity contribution in [3.8, 4) is 0 Å². The highest BCUT2D eigenvalue weighted by Gasteiger charge is 1.93. The molecule has 10 heavy (non-hydrogen) atoms. The Morgan fingerprint density at radius 1 is 1.10 bits per heavy atom. The van der Waals surface area contributed by atoms with Crippen LogP contribution in [0.4, 0.5) is 0 Å². The van der Waals surface area contributed by atoms with Crippen LogP contribution in [0, 0.1) is 5.92 Å². The average molecular weight is 132 g/mol. The van der Waals surface area contributed by atoms with Gasteiger partial charge in [-0.05, 0) is 0 Å². The van der Waals surface area contributed by atoms with Crippen molar-refractivity contribution in [3.63, 3.8) is 0 Å². The van der Waals surface area contributed by atoms with Gasteiger partial charge in [0, 0.05) is 12.0 Å². The summed E-state index contributed by atoms with van der Waals surface area (Å²) < 4.78 is 0. The molecule has 1 aliphatic carbocycles. The highest BCUT2D eigenvalue weighted by molar-refractivity contribution is 5.48. The molecule has 0 heterocycles. The minimum atomic E-state index is 0.118. The summed E-state index contributed by atoms with van der Waals surface area (Å²) in [4.78, 5) is 9.92. The van der Waals surface area contributed by atoms with Crippen molar-refractivity contribution in [2.24, 2.45) is 5.92 Å². The molecule has 0 aliphatic heterocycles. The molecule has 0 amide bonds. The van der Waals surface area contributed by atoms with Gasteiger partial charge in [0.1, 0.15) is 5.94 Å². The second kappa shape index (κ2) is 3.65. The Morgan fingerprint density at radius 3 is 2.20 bits per heavy atom. The first-order valence-corrected chi connectivity index (χ1v) is 3.16. The zero-order chi connectivity index (χ0) is 7.23. The zero-order valence-electron chi connectivity index (χ0n) is 5.53. The first-order valence-electron chi connectivity index (χ1n) is 3.16. The lowest BCUT2D eigenvalue weighted by Gasteiger charge is -1.92. The molecule has 1 aliphatic rings. The Bertz CT molecular complexity index is 211. The van der Waals surface area contributed by atoms with Crippen LogP contribution in [-0.4, -0.2) is 5.94 Å². The normalized spacial score (nSPS) is 16.4. The molecule has 0 unspecified atom stereocenters. The molecule has 0 aromatic carbocycles. The van der Waals surface area contributed by atoms with Crippen LogP contribution in [0.5, 0.6) is 0 Å². The molecule has 0 fully saturated rings. The van der Waals surface area contributed by atoms with E-state index in [4.69, 9.17) is 0 Å². The molecule has 0 radical (unpaired) electrons. The number of allylic oxidation sites excluding steroid dienone is 7. The van der Waals surface area contributed by atoms with E-state index >= 15 is 0 Å². The van der Waals surface area contributed by atoms with Crippen molar-refractivity contribution >= 4 is 5.94 Å². The minimum absolute atomic E-state index is 0.118. The Kier molecular flexibility index (Phi) is 2.48. The monoisotopic (exact) mass is 132 g/mol. The molecule has 0 saturated heterocycles. The molecule has 0 N–H and O–H groups in total. The molecule has 0 aromatic rings. The quantitative estimate of drug-likeness (QED) is 0.496. The number of carbonyl (C=O) groups excluding carboxylic acids is 1. The van der Waals surface area contributed by atoms with Crippen LogP contribution in [-0.2, 0) is 4.79 Å². The summed E-state index contributed by atoms with van der Waals surface area (Å²) in [5.41, 5.74) is 0. The topological polar surface area (TPSA) is 17.1 Å². The summed E-state index contributed by atoms with van der Waals surface area (Å²) in [5.74, 6) is 1.88. The van der Waals surface area contributed by atoms with Crippen LogP contribution in [0.2, 0.25) is 0 Å². The van der Waals surface area contributed by atoms with E-state index in [1.54, 1.807) is 5.94 Å². The molecule has 1 rings (SSSR count). The Labute approximate surface area is 60.1 Å². The molecule has 0 bridgehead atoms. The van der Waals surface area contributed by atoms with Gasteiger partial charge in [-0.1, -0.05) is 36.5 Å². The van der Waals surface area contributed by atoms with Gasteiger partial charge in [-0.2, -0.15) is 0 Å². The summed E-state index contributed by atoms with van der Waals surface area (Å²) in [5, 5.41) is 0. The summed E-state index contributed by atoms with van der Waals surface area (Å²) in [6, 6.07) is 0. The van der Waals surface area contributed by atoms with Crippen molar-refractivity contribution < 1.29 is 4.79 Å². The highest BCUT2D eigenvalue weighted by Crippen LogP contribution is 2.04. The third-order valence-corrected chi connectivity index (χ3v) is 1.26. The van der Waals surface area contributed by atoms with Gasteiger partial charge in [-0.3, -0.25) is 0 Å². The van der Waals surface area contributed by atoms with Gasteiger partial charge >= 0.3 is 0 Å². The van der Waals surface area contributed by atoms with Crippen LogP contribution in [0.1, 0.15) is 0 Å². The Hall–Kier alpha value is -1.33. The van der Waals surface area contributed by atoms with Gasteiger partial charge < -0.3 is 0 Å². The maximum Gasteiger partial charge on any atom is 0.120 e. The van der Waals surface area contributed by atoms with Crippen molar-refractivity contribution in [2.45, 2.75) is 0 Å². The van der Waals surface area contributed by atoms with Gasteiger partial charge in [-0.15, -0.1) is 0 Å². The Morgan fingerprint density at radius 2 is 1.70 bits per heavy atom. The molecule has 0 saturated carbocycles. The molecule has 0 atom stereocenters. The fraction of sp³-hybridized carbons (Fsp3) is 0.111. The minimum Gasteiger partial charge on any atom is -0.234 e. The first kappa shape index (κ1) is 6.79. The molecule has 0 aromatic heterocycles. The molecular weight excluding hydrogens is 124 g/mol. The average Bonchev–Trinajstić information content (AvgIpc) is 2.17. The lowest BCUT2D eigenvalue weighted by Crippen LogP contribution is -1.83. The van der Waals surface area contributed by atoms with Crippen LogP contribution >= 0.6 is 0 Å². The van der Waals surface area contributed by atoms with Gasteiger partial charge in [0.25, 0.3) is 0 Å². The summed E-state index contributed by atoms with van der Waals surface area (Å²) in [6.45, 7) is 0. The zero-order valence-corrected chi connectivity index (χ0v) is 5.53. The fourth-order valence-electron chi connectivity index (χ4n) is 0.767. The van der Waals surface area contributed by atoms with Crippen LogP contribution < -0.4 is 0 Å². The molecular formula is C9H8O. The van der Waals surface area contributed by atoms with E-state index in [9.17, 15) is 4.79 Å². The number of rotatable bonds is 1. The number of hydrogen-bond donors (Lipinski definition) is 0. The van der Waals surface area contributed by atoms with E-state index in [1.165, 1.54) is 6.08 Å². The predicted octanol–water partition coefficient (Wildman–Crippen LogP) is 1.67. The second-order valence-electron chi connectivity index (χ2n) is 2.02. The van der Waals surface area contributed by atoms with E-state index in [1.807, 2.05) is 36.5 Å². The van der Waals surface area contributed by atoms with Crippen molar-refractivity contribution in [1.29, 1.82) is 0 Å². The van der Waals surface area contributed by atoms with E-state index in [0.717, 1.165) is 0 Å². The van der Waals surface area contributed by atoms with Gasteiger partial charge in [0.15, 0.2) is 0 Å². The first-order chi connectivity index (χ1) is 4.93. The molecule has 1 heteroatoms. The van der Waals surface area contributed by atoms with Gasteiger partial charge in [0.05, 0.1) is 0 Å². The molecule has 1 nitrogen and oxygen atoms in total. The fourth-order valence-corrected chi connectivity index (χ4v) is 0.767. The lowest BCUT2D eigenvalue weighted by molar-refractivity contribution is 0.567. The molecule has 0 spiro atoms. The van der Waals surface area contributed by atoms with Crippen LogP contribution in [0.25, 0.3) is 0 Å². The maximum atomic E-state index is 9.92. The van der Waals surface area contributed by atoms with Crippen molar-refractivity contribution in [1.82, 2.24) is 0 Å². The second-order valence-corrected chi connectivity index (χ2v) is 2.02. The van der Waals surface area contributed by atoms with Gasteiger partial charge in [0.2, 0.25) is 0 Å². The summed E-state index contributed by atoms with van der Waals surface area (Å²) in [7, 11) is 0. The highest BCUT2D eigenvalue weighted by atomic mass is 16.1. The summed E-state index contributed by atoms with van der Waals surface area (Å²) >= 11 is 0. The smallest absolute Gasteiger partial charge is 0.120 e. The Balaban J connectivity index is 2.72. The van der Waals surface area contributed by atoms with E-state index in [2.05, 4.69) is 0 Å². The van der Waals surface area contributed by atoms with Gasteiger partial charge in [-0.25, -0.2) is 4.79 Å². The predicted molar refractivity (Wildman–Crippen MR) is 41.2 cm³/mol. The SMILES string of the molecule is O=C=CC1C=CC=CC=C1. The third kappa shape index (κ3) is 1.88. The number of hydrogen-bond acceptors (Lipinski definition) is 1. The van der Waals surface area contributed by atoms with Crippen LogP contribution in [0.3, 0.4) is 0 Å². The van der Waals surface area contributed by atoms with E-state index in [-0.39, 0.29) is 5.92 Å². The third-order valence-electron chi connectivity index (χ3n) is 1.26. The van der Waals surface area contributed by atoms with Crippen molar-refractivity contribution in [3.05, 3.63) is 42.5 Å². The largest absolute Gasteiger partial charge is 0.234 e. The van der Waals surface area contributed by atoms with Crippen molar-refractivity contribution in [2.75, 3.05) is 0 Å². The van der Waals surface area contributed by atoms with E-state index in [0.29, 0.717) is 0 Å². The summed E-state index contributed by atoms with van der Waals surface area (Å²) in [6.07, 6.45) is 13.0. The molecule has 50 valence electrons. The van der Waals surface area contributed by atoms with Crippen LogP contribution in [0.15, 0.2) is 42.5 Å². The maximum absolute atomic E-state index is 9.92.